The largest absolute Gasteiger partial charge is 0.350 e. The maximum Gasteiger partial charge on any atom is 0.251 e. The lowest BCUT2D eigenvalue weighted by molar-refractivity contribution is -0.142. The first kappa shape index (κ1) is 41.7. The lowest BCUT2D eigenvalue weighted by Crippen LogP contribution is -2.63. The number of carbonyl (C=O) groups excluding carboxylic acids is 4. The van der Waals surface area contributed by atoms with Gasteiger partial charge in [0.15, 0.2) is 0 Å². The van der Waals surface area contributed by atoms with E-state index in [1.54, 1.807) is 24.0 Å². The van der Waals surface area contributed by atoms with Crippen LogP contribution in [0.2, 0.25) is 5.02 Å². The summed E-state index contributed by atoms with van der Waals surface area (Å²) in [6, 6.07) is 13.9. The van der Waals surface area contributed by atoms with Crippen LogP contribution >= 0.6 is 11.6 Å². The summed E-state index contributed by atoms with van der Waals surface area (Å²) in [6.45, 7) is 20.0. The number of nitrogens with zero attached hydrogens (tertiary/aromatic N) is 3. The molecule has 2 aliphatic heterocycles. The van der Waals surface area contributed by atoms with E-state index in [0.29, 0.717) is 42.4 Å². The summed E-state index contributed by atoms with van der Waals surface area (Å²) in [5, 5.41) is 9.90. The highest BCUT2D eigenvalue weighted by molar-refractivity contribution is 6.30. The van der Waals surface area contributed by atoms with Gasteiger partial charge in [-0.05, 0) is 104 Å². The standard InChI is InChI=1S/C43H63ClN6O4/c1-29(2)26-36(39(53)46-30(3)40(54)50-21-9-11-35(50)38(52)45-27-32-14-18-34(44)19-15-32)49-24-22-48(23-25-49)20-8-10-31-12-16-33(17-13-31)37(51)47-41-42(4,5)28-43(41,6)7/h12-19,29-30,35-36,41H,8-11,20-28H2,1-7H3,(H,45,52)(H,46,53)(H,47,51)/t30-,35-,36-/m0/s1. The molecule has 3 N–H and O–H groups in total. The van der Waals surface area contributed by atoms with Gasteiger partial charge in [0, 0.05) is 55.9 Å². The molecule has 3 aliphatic rings. The molecule has 2 aromatic carbocycles. The Bertz CT molecular complexity index is 1590. The molecule has 0 aromatic heterocycles. The van der Waals surface area contributed by atoms with E-state index >= 15 is 0 Å². The van der Waals surface area contributed by atoms with Crippen LogP contribution in [-0.2, 0) is 27.3 Å². The average molecular weight is 763 g/mol. The molecule has 3 atom stereocenters. The van der Waals surface area contributed by atoms with Gasteiger partial charge >= 0.3 is 0 Å². The third kappa shape index (κ3) is 10.6. The second-order valence-corrected chi connectivity index (χ2v) is 18.1. The van der Waals surface area contributed by atoms with Gasteiger partial charge in [-0.1, -0.05) is 77.4 Å². The van der Waals surface area contributed by atoms with Crippen molar-refractivity contribution in [3.63, 3.8) is 0 Å². The summed E-state index contributed by atoms with van der Waals surface area (Å²) < 4.78 is 0. The lowest BCUT2D eigenvalue weighted by atomic mass is 9.52. The SMILES string of the molecule is CC(C)C[C@@H](C(=O)N[C@@H](C)C(=O)N1CCC[C@H]1C(=O)NCc1ccc(Cl)cc1)N1CCN(CCCc2ccc(C(=O)NC3C(C)(C)CC3(C)C)cc2)CC1. The van der Waals surface area contributed by atoms with Crippen molar-refractivity contribution < 1.29 is 19.2 Å². The van der Waals surface area contributed by atoms with Crippen LogP contribution in [0.25, 0.3) is 0 Å². The van der Waals surface area contributed by atoms with Crippen LogP contribution in [0, 0.1) is 16.7 Å². The molecule has 10 nitrogen and oxygen atoms in total. The first-order valence-electron chi connectivity index (χ1n) is 20.0. The second kappa shape index (κ2) is 18.0. The van der Waals surface area contributed by atoms with E-state index in [4.69, 9.17) is 11.6 Å². The first-order chi connectivity index (χ1) is 25.5. The molecular weight excluding hydrogens is 700 g/mol. The molecule has 2 aromatic rings. The lowest BCUT2D eigenvalue weighted by Gasteiger charge is -2.57. The summed E-state index contributed by atoms with van der Waals surface area (Å²) >= 11 is 5.98. The van der Waals surface area contributed by atoms with Crippen LogP contribution in [0.1, 0.15) is 102 Å². The normalized spacial score (nSPS) is 21.3. The predicted molar refractivity (Wildman–Crippen MR) is 215 cm³/mol. The third-order valence-corrected chi connectivity index (χ3v) is 12.0. The Labute approximate surface area is 328 Å². The van der Waals surface area contributed by atoms with Gasteiger partial charge < -0.3 is 25.8 Å². The molecule has 1 saturated carbocycles. The summed E-state index contributed by atoms with van der Waals surface area (Å²) in [6.07, 6.45) is 5.11. The summed E-state index contributed by atoms with van der Waals surface area (Å²) in [5.74, 6) is -0.216. The molecule has 5 rings (SSSR count). The monoisotopic (exact) mass is 762 g/mol. The van der Waals surface area contributed by atoms with E-state index in [0.717, 1.165) is 64.0 Å². The fourth-order valence-corrected chi connectivity index (χ4v) is 9.37. The third-order valence-electron chi connectivity index (χ3n) is 11.7. The van der Waals surface area contributed by atoms with Crippen molar-refractivity contribution in [1.29, 1.82) is 0 Å². The number of nitrogens with one attached hydrogen (secondary N) is 3. The van der Waals surface area contributed by atoms with Gasteiger partial charge in [-0.25, -0.2) is 0 Å². The number of amides is 4. The van der Waals surface area contributed by atoms with E-state index < -0.39 is 12.1 Å². The van der Waals surface area contributed by atoms with Crippen LogP contribution in [-0.4, -0.2) is 102 Å². The second-order valence-electron chi connectivity index (χ2n) is 17.6. The molecule has 1 aliphatic carbocycles. The topological polar surface area (TPSA) is 114 Å². The van der Waals surface area contributed by atoms with Gasteiger partial charge in [0.25, 0.3) is 5.91 Å². The zero-order valence-electron chi connectivity index (χ0n) is 33.6. The number of benzene rings is 2. The Morgan fingerprint density at radius 2 is 1.48 bits per heavy atom. The number of aryl methyl sites for hydroxylation is 1. The Kier molecular flexibility index (Phi) is 13.9. The number of carbonyl (C=O) groups is 4. The molecule has 4 amide bonds. The highest BCUT2D eigenvalue weighted by Gasteiger charge is 2.53. The maximum atomic E-state index is 13.8. The van der Waals surface area contributed by atoms with Crippen molar-refractivity contribution in [1.82, 2.24) is 30.7 Å². The van der Waals surface area contributed by atoms with Crippen molar-refractivity contribution in [2.45, 2.75) is 118 Å². The van der Waals surface area contributed by atoms with Gasteiger partial charge in [0.05, 0.1) is 6.04 Å². The minimum Gasteiger partial charge on any atom is -0.350 e. The smallest absolute Gasteiger partial charge is 0.251 e. The molecule has 54 heavy (non-hydrogen) atoms. The van der Waals surface area contributed by atoms with E-state index in [2.05, 4.69) is 79.4 Å². The van der Waals surface area contributed by atoms with E-state index in [9.17, 15) is 19.2 Å². The highest BCUT2D eigenvalue weighted by Crippen LogP contribution is 2.53. The van der Waals surface area contributed by atoms with Crippen molar-refractivity contribution in [2.75, 3.05) is 39.3 Å². The number of hydrogen-bond acceptors (Lipinski definition) is 6. The Balaban J connectivity index is 1.05. The summed E-state index contributed by atoms with van der Waals surface area (Å²) in [4.78, 5) is 59.8. The number of hydrogen-bond donors (Lipinski definition) is 3. The van der Waals surface area contributed by atoms with Crippen LogP contribution < -0.4 is 16.0 Å². The zero-order chi connectivity index (χ0) is 39.2. The van der Waals surface area contributed by atoms with E-state index in [1.807, 2.05) is 24.3 Å². The quantitative estimate of drug-likeness (QED) is 0.216. The van der Waals surface area contributed by atoms with Gasteiger partial charge in [-0.15, -0.1) is 0 Å². The molecule has 2 heterocycles. The number of rotatable bonds is 15. The van der Waals surface area contributed by atoms with Crippen molar-refractivity contribution in [3.05, 3.63) is 70.2 Å². The zero-order valence-corrected chi connectivity index (χ0v) is 34.3. The van der Waals surface area contributed by atoms with Crippen LogP contribution in [0.4, 0.5) is 0 Å². The minimum absolute atomic E-state index is 0.00196. The molecule has 296 valence electrons. The Morgan fingerprint density at radius 1 is 0.852 bits per heavy atom. The number of piperazine rings is 1. The van der Waals surface area contributed by atoms with Gasteiger partial charge in [0.1, 0.15) is 12.1 Å². The number of halogens is 1. The van der Waals surface area contributed by atoms with Crippen molar-refractivity contribution >= 4 is 35.2 Å². The van der Waals surface area contributed by atoms with Crippen molar-refractivity contribution in [3.8, 4) is 0 Å². The summed E-state index contributed by atoms with van der Waals surface area (Å²) in [7, 11) is 0. The average Bonchev–Trinajstić information content (AvgIpc) is 3.62. The molecule has 0 unspecified atom stereocenters. The Morgan fingerprint density at radius 3 is 2.09 bits per heavy atom. The maximum absolute atomic E-state index is 13.8. The summed E-state index contributed by atoms with van der Waals surface area (Å²) in [5.41, 5.74) is 3.10. The predicted octanol–water partition coefficient (Wildman–Crippen LogP) is 5.67. The first-order valence-corrected chi connectivity index (χ1v) is 20.4. The molecular formula is C43H63ClN6O4. The molecule has 2 saturated heterocycles. The molecule has 0 spiro atoms. The van der Waals surface area contributed by atoms with Gasteiger partial charge in [0.2, 0.25) is 17.7 Å². The fraction of sp³-hybridized carbons (Fsp3) is 0.628. The fourth-order valence-electron chi connectivity index (χ4n) is 9.24. The van der Waals surface area contributed by atoms with Gasteiger partial charge in [-0.2, -0.15) is 0 Å². The van der Waals surface area contributed by atoms with Crippen LogP contribution in [0.5, 0.6) is 0 Å². The highest BCUT2D eigenvalue weighted by atomic mass is 35.5. The van der Waals surface area contributed by atoms with Gasteiger partial charge in [-0.3, -0.25) is 24.1 Å². The van der Waals surface area contributed by atoms with Crippen LogP contribution in [0.3, 0.4) is 0 Å². The van der Waals surface area contributed by atoms with E-state index in [-0.39, 0.29) is 46.5 Å². The molecule has 11 heteroatoms. The molecule has 3 fully saturated rings. The number of likely N-dealkylation sites (tertiary alicyclic amines) is 1. The van der Waals surface area contributed by atoms with Crippen LogP contribution in [0.15, 0.2) is 48.5 Å². The Hall–Kier alpha value is -3.47. The molecule has 0 bridgehead atoms. The minimum atomic E-state index is -0.733. The van der Waals surface area contributed by atoms with Crippen molar-refractivity contribution in [2.24, 2.45) is 16.7 Å². The molecule has 0 radical (unpaired) electrons. The van der Waals surface area contributed by atoms with E-state index in [1.165, 1.54) is 5.56 Å².